The molecule has 2 aromatic carbocycles. The van der Waals surface area contributed by atoms with Crippen LogP contribution in [0.25, 0.3) is 11.3 Å². The molecule has 4 rings (SSSR count). The molecule has 0 bridgehead atoms. The van der Waals surface area contributed by atoms with Crippen molar-refractivity contribution in [3.63, 3.8) is 0 Å². The van der Waals surface area contributed by atoms with Crippen LogP contribution in [0.5, 0.6) is 0 Å². The number of carbonyl (C=O) groups is 2. The third kappa shape index (κ3) is 5.39. The lowest BCUT2D eigenvalue weighted by atomic mass is 10.1. The fourth-order valence-electron chi connectivity index (χ4n) is 4.01. The minimum absolute atomic E-state index is 0.0576. The van der Waals surface area contributed by atoms with E-state index in [1.54, 1.807) is 30.1 Å². The summed E-state index contributed by atoms with van der Waals surface area (Å²) in [6.07, 6.45) is 3.72. The Balaban J connectivity index is 1.23. The fraction of sp³-hybridized carbons (Fsp3) is 0.320. The number of aryl methyl sites for hydroxylation is 1. The first-order chi connectivity index (χ1) is 15.9. The number of amides is 2. The van der Waals surface area contributed by atoms with Gasteiger partial charge in [-0.25, -0.2) is 4.39 Å². The van der Waals surface area contributed by atoms with Crippen LogP contribution in [0.1, 0.15) is 35.3 Å². The van der Waals surface area contributed by atoms with Gasteiger partial charge in [0.15, 0.2) is 0 Å². The molecule has 0 aliphatic carbocycles. The number of likely N-dealkylation sites (N-methyl/N-ethyl adjacent to an activating group) is 1. The lowest BCUT2D eigenvalue weighted by Gasteiger charge is -2.28. The average Bonchev–Trinajstić information content (AvgIpc) is 3.27. The second-order valence-corrected chi connectivity index (χ2v) is 8.46. The van der Waals surface area contributed by atoms with E-state index >= 15 is 0 Å². The molecule has 3 aromatic rings. The number of anilines is 2. The standard InChI is InChI=1S/C25H28FN5O2/c1-30(25(33)18-9-12-23-22(14-18)27-24(32)16-31(23)2)13-5-3-4-6-20-15-21(29-28-20)17-7-10-19(26)11-8-17/h7-12,14-15H,3-6,13,16H2,1-2H3,(H,27,32)(H,28,29). The second kappa shape index (κ2) is 9.85. The van der Waals surface area contributed by atoms with Crippen LogP contribution in [-0.4, -0.2) is 54.1 Å². The number of rotatable bonds is 8. The summed E-state index contributed by atoms with van der Waals surface area (Å²) >= 11 is 0. The van der Waals surface area contributed by atoms with Crippen molar-refractivity contribution in [1.82, 2.24) is 15.1 Å². The second-order valence-electron chi connectivity index (χ2n) is 8.46. The molecule has 8 heteroatoms. The monoisotopic (exact) mass is 449 g/mol. The number of unbranched alkanes of at least 4 members (excludes halogenated alkanes) is 2. The number of nitrogens with zero attached hydrogens (tertiary/aromatic N) is 3. The van der Waals surface area contributed by atoms with Crippen LogP contribution >= 0.6 is 0 Å². The van der Waals surface area contributed by atoms with Crippen LogP contribution < -0.4 is 10.2 Å². The first-order valence-corrected chi connectivity index (χ1v) is 11.1. The van der Waals surface area contributed by atoms with E-state index in [1.165, 1.54) is 12.1 Å². The van der Waals surface area contributed by atoms with Gasteiger partial charge in [0.2, 0.25) is 5.91 Å². The van der Waals surface area contributed by atoms with Gasteiger partial charge in [-0.3, -0.25) is 14.7 Å². The summed E-state index contributed by atoms with van der Waals surface area (Å²) in [6.45, 7) is 0.971. The molecule has 2 amide bonds. The SMILES string of the molecule is CN(CCCCCc1cc(-c2ccc(F)cc2)n[nH]1)C(=O)c1ccc2c(c1)NC(=O)CN2C. The molecule has 0 atom stereocenters. The van der Waals surface area contributed by atoms with Gasteiger partial charge in [-0.1, -0.05) is 6.42 Å². The van der Waals surface area contributed by atoms with E-state index in [0.29, 0.717) is 24.3 Å². The lowest BCUT2D eigenvalue weighted by molar-refractivity contribution is -0.115. The van der Waals surface area contributed by atoms with Gasteiger partial charge >= 0.3 is 0 Å². The summed E-state index contributed by atoms with van der Waals surface area (Å²) in [7, 11) is 3.66. The molecule has 0 fully saturated rings. The van der Waals surface area contributed by atoms with E-state index < -0.39 is 0 Å². The van der Waals surface area contributed by atoms with Crippen molar-refractivity contribution in [3.8, 4) is 11.3 Å². The Hall–Kier alpha value is -3.68. The first-order valence-electron chi connectivity index (χ1n) is 11.1. The van der Waals surface area contributed by atoms with Gasteiger partial charge in [-0.2, -0.15) is 5.10 Å². The molecule has 33 heavy (non-hydrogen) atoms. The summed E-state index contributed by atoms with van der Waals surface area (Å²) in [5.74, 6) is -0.397. The van der Waals surface area contributed by atoms with Crippen molar-refractivity contribution in [2.45, 2.75) is 25.7 Å². The van der Waals surface area contributed by atoms with Gasteiger partial charge in [0, 0.05) is 37.5 Å². The largest absolute Gasteiger partial charge is 0.364 e. The Morgan fingerprint density at radius 3 is 2.70 bits per heavy atom. The third-order valence-electron chi connectivity index (χ3n) is 5.87. The molecule has 7 nitrogen and oxygen atoms in total. The molecule has 0 saturated carbocycles. The maximum absolute atomic E-state index is 13.1. The molecule has 0 radical (unpaired) electrons. The summed E-state index contributed by atoms with van der Waals surface area (Å²) in [5, 5.41) is 10.2. The molecule has 0 unspecified atom stereocenters. The van der Waals surface area contributed by atoms with E-state index in [1.807, 2.05) is 30.1 Å². The summed E-state index contributed by atoms with van der Waals surface area (Å²) in [6, 6.07) is 13.7. The lowest BCUT2D eigenvalue weighted by Crippen LogP contribution is -2.35. The zero-order chi connectivity index (χ0) is 23.4. The number of benzene rings is 2. The quantitative estimate of drug-likeness (QED) is 0.508. The Bertz CT molecular complexity index is 1140. The Kier molecular flexibility index (Phi) is 6.72. The number of aromatic nitrogens is 2. The van der Waals surface area contributed by atoms with Gasteiger partial charge in [-0.05, 0) is 67.8 Å². The number of nitrogens with one attached hydrogen (secondary N) is 2. The summed E-state index contributed by atoms with van der Waals surface area (Å²) in [5.41, 5.74) is 4.88. The van der Waals surface area contributed by atoms with Crippen LogP contribution in [0.4, 0.5) is 15.8 Å². The van der Waals surface area contributed by atoms with Crippen molar-refractivity contribution in [2.24, 2.45) is 0 Å². The van der Waals surface area contributed by atoms with Crippen LogP contribution in [0, 0.1) is 5.82 Å². The van der Waals surface area contributed by atoms with Gasteiger partial charge in [-0.15, -0.1) is 0 Å². The summed E-state index contributed by atoms with van der Waals surface area (Å²) < 4.78 is 13.1. The number of hydrogen-bond donors (Lipinski definition) is 2. The highest BCUT2D eigenvalue weighted by Gasteiger charge is 2.21. The fourth-order valence-corrected chi connectivity index (χ4v) is 4.01. The topological polar surface area (TPSA) is 81.3 Å². The molecular formula is C25H28FN5O2. The van der Waals surface area contributed by atoms with Crippen LogP contribution in [0.15, 0.2) is 48.5 Å². The van der Waals surface area contributed by atoms with Crippen molar-refractivity contribution < 1.29 is 14.0 Å². The molecular weight excluding hydrogens is 421 g/mol. The van der Waals surface area contributed by atoms with Gasteiger partial charge in [0.05, 0.1) is 23.6 Å². The van der Waals surface area contributed by atoms with Crippen LogP contribution in [-0.2, 0) is 11.2 Å². The molecule has 172 valence electrons. The highest BCUT2D eigenvalue weighted by Crippen LogP contribution is 2.29. The Labute approximate surface area is 192 Å². The molecule has 0 spiro atoms. The zero-order valence-electron chi connectivity index (χ0n) is 18.9. The maximum atomic E-state index is 13.1. The number of hydrogen-bond acceptors (Lipinski definition) is 4. The number of fused-ring (bicyclic) bond motifs is 1. The predicted molar refractivity (Wildman–Crippen MR) is 127 cm³/mol. The van der Waals surface area contributed by atoms with Crippen molar-refractivity contribution >= 4 is 23.2 Å². The zero-order valence-corrected chi connectivity index (χ0v) is 18.9. The Morgan fingerprint density at radius 2 is 1.91 bits per heavy atom. The van der Waals surface area contributed by atoms with E-state index in [0.717, 1.165) is 48.3 Å². The maximum Gasteiger partial charge on any atom is 0.253 e. The van der Waals surface area contributed by atoms with E-state index in [2.05, 4.69) is 15.5 Å². The minimum atomic E-state index is -0.260. The first kappa shape index (κ1) is 22.5. The van der Waals surface area contributed by atoms with Crippen molar-refractivity contribution in [2.75, 3.05) is 37.4 Å². The molecule has 2 heterocycles. The molecule has 0 saturated heterocycles. The number of H-pyrrole nitrogens is 1. The van der Waals surface area contributed by atoms with Gasteiger partial charge in [0.1, 0.15) is 5.82 Å². The van der Waals surface area contributed by atoms with Crippen molar-refractivity contribution in [1.29, 1.82) is 0 Å². The Morgan fingerprint density at radius 1 is 1.12 bits per heavy atom. The predicted octanol–water partition coefficient (Wildman–Crippen LogP) is 4.09. The average molecular weight is 450 g/mol. The van der Waals surface area contributed by atoms with E-state index in [9.17, 15) is 14.0 Å². The number of halogens is 1. The molecule has 2 N–H and O–H groups in total. The van der Waals surface area contributed by atoms with Crippen LogP contribution in [0.3, 0.4) is 0 Å². The smallest absolute Gasteiger partial charge is 0.253 e. The highest BCUT2D eigenvalue weighted by molar-refractivity contribution is 6.03. The molecule has 1 aliphatic heterocycles. The van der Waals surface area contributed by atoms with Gasteiger partial charge < -0.3 is 15.1 Å². The van der Waals surface area contributed by atoms with E-state index in [4.69, 9.17) is 0 Å². The van der Waals surface area contributed by atoms with E-state index in [-0.39, 0.29) is 17.6 Å². The number of aromatic amines is 1. The third-order valence-corrected chi connectivity index (χ3v) is 5.87. The van der Waals surface area contributed by atoms with Gasteiger partial charge in [0.25, 0.3) is 5.91 Å². The molecule has 1 aromatic heterocycles. The van der Waals surface area contributed by atoms with Crippen LogP contribution in [0.2, 0.25) is 0 Å². The normalized spacial score (nSPS) is 12.9. The number of carbonyl (C=O) groups excluding carboxylic acids is 2. The minimum Gasteiger partial charge on any atom is -0.364 e. The highest BCUT2D eigenvalue weighted by atomic mass is 19.1. The summed E-state index contributed by atoms with van der Waals surface area (Å²) in [4.78, 5) is 28.2. The molecule has 1 aliphatic rings. The van der Waals surface area contributed by atoms with Crippen molar-refractivity contribution in [3.05, 3.63) is 65.6 Å².